The van der Waals surface area contributed by atoms with Gasteiger partial charge in [-0.15, -0.1) is 12.4 Å². The maximum absolute atomic E-state index is 13.9. The number of halogens is 4. The Morgan fingerprint density at radius 3 is 2.27 bits per heavy atom. The Morgan fingerprint density at radius 2 is 1.73 bits per heavy atom. The van der Waals surface area contributed by atoms with Crippen LogP contribution in [-0.4, -0.2) is 30.7 Å². The Kier molecular flexibility index (Phi) is 7.23. The molecule has 164 valence electrons. The highest BCUT2D eigenvalue weighted by molar-refractivity contribution is 6.04. The molecule has 1 aliphatic carbocycles. The Morgan fingerprint density at radius 1 is 1.17 bits per heavy atom. The monoisotopic (exact) mass is 444 g/mol. The summed E-state index contributed by atoms with van der Waals surface area (Å²) < 4.78 is 46.4. The number of benzene rings is 2. The van der Waals surface area contributed by atoms with Crippen LogP contribution in [0, 0.1) is 5.92 Å². The number of rotatable bonds is 4. The zero-order chi connectivity index (χ0) is 21.2. The molecule has 0 bridgehead atoms. The Bertz CT molecular complexity index is 925. The van der Waals surface area contributed by atoms with E-state index in [1.165, 1.54) is 13.2 Å². The molecular formula is C21H24ClF3N2O3. The summed E-state index contributed by atoms with van der Waals surface area (Å²) >= 11 is 0. The fraction of sp³-hybridized carbons (Fsp3) is 0.429. The molecule has 1 saturated carbocycles. The smallest absolute Gasteiger partial charge is 0.411 e. The number of anilines is 1. The van der Waals surface area contributed by atoms with Gasteiger partial charge in [0.2, 0.25) is 0 Å². The van der Waals surface area contributed by atoms with Gasteiger partial charge >= 0.3 is 12.1 Å². The van der Waals surface area contributed by atoms with E-state index in [2.05, 4.69) is 10.1 Å². The molecule has 1 aliphatic rings. The largest absolute Gasteiger partial charge is 0.469 e. The lowest BCUT2D eigenvalue weighted by Crippen LogP contribution is -2.60. The first kappa shape index (κ1) is 23.8. The molecule has 5 nitrogen and oxygen atoms in total. The van der Waals surface area contributed by atoms with Gasteiger partial charge in [-0.25, -0.2) is 0 Å². The van der Waals surface area contributed by atoms with Crippen LogP contribution >= 0.6 is 12.4 Å². The van der Waals surface area contributed by atoms with Crippen LogP contribution in [-0.2, 0) is 9.53 Å². The number of hydrogen-bond acceptors (Lipinski definition) is 4. The van der Waals surface area contributed by atoms with Gasteiger partial charge in [-0.2, -0.15) is 13.2 Å². The minimum atomic E-state index is -4.62. The molecule has 0 radical (unpaired) electrons. The third-order valence-corrected chi connectivity index (χ3v) is 5.70. The van der Waals surface area contributed by atoms with Crippen molar-refractivity contribution in [1.82, 2.24) is 5.32 Å². The topological polar surface area (TPSA) is 81.4 Å². The van der Waals surface area contributed by atoms with Gasteiger partial charge in [0, 0.05) is 12.1 Å². The molecule has 0 heterocycles. The van der Waals surface area contributed by atoms with Crippen molar-refractivity contribution in [2.24, 2.45) is 5.92 Å². The quantitative estimate of drug-likeness (QED) is 0.532. The predicted molar refractivity (Wildman–Crippen MR) is 110 cm³/mol. The number of nitrogens with one attached hydrogen (secondary N) is 1. The molecule has 3 N–H and O–H groups in total. The zero-order valence-electron chi connectivity index (χ0n) is 16.4. The number of nitrogen functional groups attached to an aromatic ring is 1. The molecule has 2 aromatic rings. The molecule has 9 heteroatoms. The highest BCUT2D eigenvalue weighted by atomic mass is 35.5. The molecule has 1 amide bonds. The van der Waals surface area contributed by atoms with E-state index < -0.39 is 23.6 Å². The molecule has 0 atom stereocenters. The first-order chi connectivity index (χ1) is 13.6. The summed E-state index contributed by atoms with van der Waals surface area (Å²) in [6, 6.07) is 10.3. The minimum absolute atomic E-state index is 0. The number of methoxy groups -OCH3 is 1. The number of esters is 1. The van der Waals surface area contributed by atoms with Crippen molar-refractivity contribution in [1.29, 1.82) is 0 Å². The van der Waals surface area contributed by atoms with E-state index >= 15 is 0 Å². The van der Waals surface area contributed by atoms with E-state index in [9.17, 15) is 22.8 Å². The lowest BCUT2D eigenvalue weighted by atomic mass is 9.74. The van der Waals surface area contributed by atoms with Crippen LogP contribution in [0.2, 0.25) is 0 Å². The van der Waals surface area contributed by atoms with E-state index in [-0.39, 0.29) is 61.7 Å². The molecule has 3 rings (SSSR count). The lowest BCUT2D eigenvalue weighted by Gasteiger charge is -2.41. The van der Waals surface area contributed by atoms with Crippen LogP contribution in [0.4, 0.5) is 18.9 Å². The first-order valence-corrected chi connectivity index (χ1v) is 9.39. The van der Waals surface area contributed by atoms with Gasteiger partial charge < -0.3 is 15.8 Å². The third kappa shape index (κ3) is 4.80. The fourth-order valence-corrected chi connectivity index (χ4v) is 3.91. The van der Waals surface area contributed by atoms with Crippen molar-refractivity contribution in [3.05, 3.63) is 42.0 Å². The molecular weight excluding hydrogens is 421 g/mol. The van der Waals surface area contributed by atoms with E-state index in [0.29, 0.717) is 0 Å². The number of nitrogens with two attached hydrogens (primary N) is 1. The van der Waals surface area contributed by atoms with Gasteiger partial charge in [0.05, 0.1) is 12.7 Å². The number of ether oxygens (including phenoxy) is 1. The summed E-state index contributed by atoms with van der Waals surface area (Å²) in [6.45, 7) is 0. The number of hydrogen-bond donors (Lipinski definition) is 2. The Balaban J connectivity index is 0.00000320. The molecule has 0 aromatic heterocycles. The Labute approximate surface area is 178 Å². The number of amides is 1. The maximum atomic E-state index is 13.9. The molecule has 30 heavy (non-hydrogen) atoms. The number of fused-ring (bicyclic) bond motifs is 1. The third-order valence-electron chi connectivity index (χ3n) is 5.70. The molecule has 0 spiro atoms. The van der Waals surface area contributed by atoms with Gasteiger partial charge in [0.25, 0.3) is 5.91 Å². The fourth-order valence-electron chi connectivity index (χ4n) is 3.91. The van der Waals surface area contributed by atoms with Gasteiger partial charge in [0.15, 0.2) is 0 Å². The van der Waals surface area contributed by atoms with Crippen molar-refractivity contribution < 1.29 is 27.5 Å². The summed E-state index contributed by atoms with van der Waals surface area (Å²) in [5, 5.41) is 3.74. The van der Waals surface area contributed by atoms with Crippen LogP contribution in [0.5, 0.6) is 0 Å². The summed E-state index contributed by atoms with van der Waals surface area (Å²) in [5.41, 5.74) is 3.75. The van der Waals surface area contributed by atoms with E-state index in [1.807, 2.05) is 12.1 Å². The summed E-state index contributed by atoms with van der Waals surface area (Å²) in [5.74, 6) is -1.49. The van der Waals surface area contributed by atoms with Crippen molar-refractivity contribution in [2.75, 3.05) is 12.8 Å². The summed E-state index contributed by atoms with van der Waals surface area (Å²) in [7, 11) is 1.25. The second kappa shape index (κ2) is 9.12. The number of alkyl halides is 3. The predicted octanol–water partition coefficient (Wildman–Crippen LogP) is 4.63. The standard InChI is InChI=1S/C21H23F3N2O3.ClH/c1-29-18(27)10-13-6-8-20(9-7-13,21(22,23)24)26-19(28)16-11-14-4-2-3-5-15(14)12-17(16)25;/h2-5,11-13H,6-10,25H2,1H3,(H,26,28);1H. The van der Waals surface area contributed by atoms with Gasteiger partial charge in [-0.1, -0.05) is 24.3 Å². The van der Waals surface area contributed by atoms with Crippen LogP contribution in [0.15, 0.2) is 36.4 Å². The zero-order valence-corrected chi connectivity index (χ0v) is 17.2. The second-order valence-corrected chi connectivity index (χ2v) is 7.54. The van der Waals surface area contributed by atoms with Crippen molar-refractivity contribution in [2.45, 2.75) is 43.8 Å². The SMILES string of the molecule is COC(=O)CC1CCC(NC(=O)c2cc3ccccc3cc2N)(C(F)(F)F)CC1.Cl. The number of carbonyl (C=O) groups is 2. The maximum Gasteiger partial charge on any atom is 0.411 e. The van der Waals surface area contributed by atoms with Crippen molar-refractivity contribution in [3.63, 3.8) is 0 Å². The van der Waals surface area contributed by atoms with Crippen LogP contribution in [0.3, 0.4) is 0 Å². The minimum Gasteiger partial charge on any atom is -0.469 e. The first-order valence-electron chi connectivity index (χ1n) is 9.39. The average molecular weight is 445 g/mol. The molecule has 2 aromatic carbocycles. The van der Waals surface area contributed by atoms with Gasteiger partial charge in [-0.3, -0.25) is 9.59 Å². The second-order valence-electron chi connectivity index (χ2n) is 7.54. The van der Waals surface area contributed by atoms with E-state index in [4.69, 9.17) is 5.73 Å². The van der Waals surface area contributed by atoms with Crippen molar-refractivity contribution in [3.8, 4) is 0 Å². The molecule has 0 saturated heterocycles. The van der Waals surface area contributed by atoms with E-state index in [0.717, 1.165) is 10.8 Å². The van der Waals surface area contributed by atoms with Crippen LogP contribution in [0.25, 0.3) is 10.8 Å². The van der Waals surface area contributed by atoms with Crippen LogP contribution < -0.4 is 11.1 Å². The van der Waals surface area contributed by atoms with Crippen LogP contribution in [0.1, 0.15) is 42.5 Å². The Hall–Kier alpha value is -2.48. The van der Waals surface area contributed by atoms with Gasteiger partial charge in [-0.05, 0) is 54.5 Å². The molecule has 0 unspecified atom stereocenters. The number of carbonyl (C=O) groups excluding carboxylic acids is 2. The highest BCUT2D eigenvalue weighted by Gasteiger charge is 2.56. The highest BCUT2D eigenvalue weighted by Crippen LogP contribution is 2.44. The van der Waals surface area contributed by atoms with Gasteiger partial charge in [0.1, 0.15) is 5.54 Å². The van der Waals surface area contributed by atoms with E-state index in [1.54, 1.807) is 18.2 Å². The summed E-state index contributed by atoms with van der Waals surface area (Å²) in [4.78, 5) is 24.2. The summed E-state index contributed by atoms with van der Waals surface area (Å²) in [6.07, 6.45) is -4.79. The van der Waals surface area contributed by atoms with Crippen molar-refractivity contribution >= 4 is 40.7 Å². The average Bonchev–Trinajstić information content (AvgIpc) is 2.68. The normalized spacial score (nSPS) is 21.5. The lowest BCUT2D eigenvalue weighted by molar-refractivity contribution is -0.204. The molecule has 0 aliphatic heterocycles. The molecule has 1 fully saturated rings.